The molecule has 0 amide bonds. The molecule has 2 aromatic heterocycles. The predicted molar refractivity (Wildman–Crippen MR) is 81.0 cm³/mol. The molecule has 2 heterocycles. The highest BCUT2D eigenvalue weighted by atomic mass is 32.2. The van der Waals surface area contributed by atoms with Gasteiger partial charge in [0.15, 0.2) is 0 Å². The van der Waals surface area contributed by atoms with Crippen LogP contribution in [0.5, 0.6) is 0 Å². The van der Waals surface area contributed by atoms with E-state index in [0.717, 1.165) is 35.0 Å². The molecule has 0 fully saturated rings. The van der Waals surface area contributed by atoms with E-state index in [2.05, 4.69) is 41.3 Å². The van der Waals surface area contributed by atoms with Gasteiger partial charge in [-0.2, -0.15) is 0 Å². The molecule has 1 unspecified atom stereocenters. The van der Waals surface area contributed by atoms with E-state index < -0.39 is 0 Å². The van der Waals surface area contributed by atoms with E-state index in [1.54, 1.807) is 0 Å². The van der Waals surface area contributed by atoms with Crippen LogP contribution in [0.1, 0.15) is 43.5 Å². The van der Waals surface area contributed by atoms with Crippen molar-refractivity contribution in [2.75, 3.05) is 6.54 Å². The van der Waals surface area contributed by atoms with Crippen molar-refractivity contribution in [3.8, 4) is 0 Å². The van der Waals surface area contributed by atoms with E-state index in [0.29, 0.717) is 11.3 Å². The molecule has 4 nitrogen and oxygen atoms in total. The summed E-state index contributed by atoms with van der Waals surface area (Å²) in [4.78, 5) is 9.95. The average Bonchev–Trinajstić information content (AvgIpc) is 2.76. The fraction of sp³-hybridized carbons (Fsp3) is 0.467. The Morgan fingerprint density at radius 2 is 2.10 bits per heavy atom. The molecule has 0 spiro atoms. The first-order valence-electron chi connectivity index (χ1n) is 6.95. The molecular weight excluding hydrogens is 270 g/mol. The molecule has 0 aliphatic heterocycles. The Morgan fingerprint density at radius 1 is 1.30 bits per heavy atom. The molecule has 2 rings (SSSR count). The van der Waals surface area contributed by atoms with Crippen molar-refractivity contribution < 1.29 is 4.42 Å². The lowest BCUT2D eigenvalue weighted by Crippen LogP contribution is -2.20. The summed E-state index contributed by atoms with van der Waals surface area (Å²) in [6.07, 6.45) is 2.92. The molecule has 0 aromatic carbocycles. The van der Waals surface area contributed by atoms with Crippen LogP contribution in [0.3, 0.4) is 0 Å². The third-order valence-corrected chi connectivity index (χ3v) is 4.02. The van der Waals surface area contributed by atoms with E-state index in [9.17, 15) is 0 Å². The summed E-state index contributed by atoms with van der Waals surface area (Å²) in [5, 5.41) is 4.10. The first-order chi connectivity index (χ1) is 9.63. The van der Waals surface area contributed by atoms with Gasteiger partial charge in [0.1, 0.15) is 5.76 Å². The minimum absolute atomic E-state index is 0.324. The zero-order valence-electron chi connectivity index (χ0n) is 12.4. The van der Waals surface area contributed by atoms with Crippen molar-refractivity contribution in [2.45, 2.75) is 50.3 Å². The van der Waals surface area contributed by atoms with Gasteiger partial charge in [-0.15, -0.1) is 0 Å². The molecule has 0 radical (unpaired) electrons. The Hall–Kier alpha value is -1.33. The van der Waals surface area contributed by atoms with E-state index >= 15 is 0 Å². The highest BCUT2D eigenvalue weighted by molar-refractivity contribution is 7.99. The van der Waals surface area contributed by atoms with Gasteiger partial charge < -0.3 is 9.73 Å². The quantitative estimate of drug-likeness (QED) is 0.874. The molecule has 1 N–H and O–H groups in total. The molecule has 0 aliphatic carbocycles. The number of hydrogen-bond donors (Lipinski definition) is 1. The number of nitrogens with one attached hydrogen (secondary N) is 1. The Kier molecular flexibility index (Phi) is 5.20. The molecule has 108 valence electrons. The van der Waals surface area contributed by atoms with Crippen LogP contribution in [0.25, 0.3) is 0 Å². The van der Waals surface area contributed by atoms with Gasteiger partial charge in [0.2, 0.25) is 0 Å². The third-order valence-electron chi connectivity index (χ3n) is 3.19. The van der Waals surface area contributed by atoms with Crippen LogP contribution in [-0.2, 0) is 0 Å². The Bertz CT molecular complexity index is 531. The van der Waals surface area contributed by atoms with E-state index in [1.165, 1.54) is 11.8 Å². The maximum atomic E-state index is 5.57. The maximum absolute atomic E-state index is 5.57. The van der Waals surface area contributed by atoms with Gasteiger partial charge in [0.05, 0.1) is 11.4 Å². The molecule has 0 saturated heterocycles. The molecule has 1 atom stereocenters. The second-order valence-corrected chi connectivity index (χ2v) is 5.69. The fourth-order valence-corrected chi connectivity index (χ4v) is 2.74. The Balaban J connectivity index is 2.07. The first kappa shape index (κ1) is 15.1. The summed E-state index contributed by atoms with van der Waals surface area (Å²) >= 11 is 1.50. The highest BCUT2D eigenvalue weighted by Crippen LogP contribution is 2.28. The normalized spacial score (nSPS) is 12.6. The second kappa shape index (κ2) is 6.90. The van der Waals surface area contributed by atoms with Crippen LogP contribution in [0, 0.1) is 13.8 Å². The van der Waals surface area contributed by atoms with Crippen LogP contribution < -0.4 is 5.32 Å². The summed E-state index contributed by atoms with van der Waals surface area (Å²) in [7, 11) is 0. The zero-order valence-corrected chi connectivity index (χ0v) is 13.3. The maximum Gasteiger partial charge on any atom is 0.261 e. The highest BCUT2D eigenvalue weighted by Gasteiger charge is 2.11. The van der Waals surface area contributed by atoms with Gasteiger partial charge in [-0.3, -0.25) is 4.98 Å². The number of pyridine rings is 1. The number of aryl methyl sites for hydroxylation is 2. The van der Waals surface area contributed by atoms with Crippen molar-refractivity contribution in [1.82, 2.24) is 15.3 Å². The van der Waals surface area contributed by atoms with Crippen LogP contribution in [0.15, 0.2) is 32.9 Å². The number of rotatable bonds is 6. The minimum atomic E-state index is 0.324. The average molecular weight is 291 g/mol. The summed E-state index contributed by atoms with van der Waals surface area (Å²) in [5.41, 5.74) is 2.02. The van der Waals surface area contributed by atoms with Gasteiger partial charge in [-0.25, -0.2) is 4.98 Å². The van der Waals surface area contributed by atoms with Crippen molar-refractivity contribution in [3.05, 3.63) is 35.5 Å². The van der Waals surface area contributed by atoms with Crippen LogP contribution in [0.4, 0.5) is 0 Å². The summed E-state index contributed by atoms with van der Waals surface area (Å²) < 4.78 is 5.57. The lowest BCUT2D eigenvalue weighted by Gasteiger charge is -2.15. The zero-order chi connectivity index (χ0) is 14.5. The second-order valence-electron chi connectivity index (χ2n) is 4.66. The largest absolute Gasteiger partial charge is 0.436 e. The van der Waals surface area contributed by atoms with Gasteiger partial charge in [-0.1, -0.05) is 13.8 Å². The van der Waals surface area contributed by atoms with Gasteiger partial charge in [0.25, 0.3) is 5.22 Å². The smallest absolute Gasteiger partial charge is 0.261 e. The lowest BCUT2D eigenvalue weighted by molar-refractivity contribution is 0.431. The van der Waals surface area contributed by atoms with Crippen molar-refractivity contribution in [1.29, 1.82) is 0 Å². The van der Waals surface area contributed by atoms with E-state index in [1.807, 2.05) is 20.0 Å². The van der Waals surface area contributed by atoms with E-state index in [4.69, 9.17) is 4.42 Å². The van der Waals surface area contributed by atoms with Gasteiger partial charge >= 0.3 is 0 Å². The van der Waals surface area contributed by atoms with Gasteiger partial charge in [-0.05, 0) is 50.7 Å². The van der Waals surface area contributed by atoms with Crippen molar-refractivity contribution in [2.24, 2.45) is 0 Å². The van der Waals surface area contributed by atoms with Crippen LogP contribution in [-0.4, -0.2) is 16.5 Å². The Morgan fingerprint density at radius 3 is 2.60 bits per heavy atom. The number of nitrogens with zero attached hydrogens (tertiary/aromatic N) is 2. The number of hydrogen-bond acceptors (Lipinski definition) is 5. The lowest BCUT2D eigenvalue weighted by atomic mass is 10.1. The molecule has 5 heteroatoms. The Labute approximate surface area is 124 Å². The van der Waals surface area contributed by atoms with Crippen molar-refractivity contribution in [3.63, 3.8) is 0 Å². The SMILES string of the molecule is CCNC(CC)c1ccc(Sc2nc(C)c(C)o2)cn1. The van der Waals surface area contributed by atoms with Gasteiger partial charge in [0, 0.05) is 17.1 Å². The summed E-state index contributed by atoms with van der Waals surface area (Å²) in [5.74, 6) is 0.871. The molecule has 0 bridgehead atoms. The molecule has 0 aliphatic rings. The molecule has 2 aromatic rings. The molecule has 0 saturated carbocycles. The topological polar surface area (TPSA) is 51.0 Å². The molecular formula is C15H21N3OS. The van der Waals surface area contributed by atoms with Crippen LogP contribution >= 0.6 is 11.8 Å². The summed E-state index contributed by atoms with van der Waals surface area (Å²) in [6, 6.07) is 4.47. The molecule has 20 heavy (non-hydrogen) atoms. The predicted octanol–water partition coefficient (Wildman–Crippen LogP) is 3.90. The standard InChI is InChI=1S/C15H21N3OS/c1-5-13(16-6-2)14-8-7-12(9-17-14)20-15-18-10(3)11(4)19-15/h7-9,13,16H,5-6H2,1-4H3. The number of oxazole rings is 1. The van der Waals surface area contributed by atoms with E-state index in [-0.39, 0.29) is 0 Å². The monoisotopic (exact) mass is 291 g/mol. The van der Waals surface area contributed by atoms with Crippen LogP contribution in [0.2, 0.25) is 0 Å². The number of aromatic nitrogens is 2. The third kappa shape index (κ3) is 3.61. The fourth-order valence-electron chi connectivity index (χ4n) is 1.95. The van der Waals surface area contributed by atoms with Crippen molar-refractivity contribution >= 4 is 11.8 Å². The minimum Gasteiger partial charge on any atom is -0.436 e. The first-order valence-corrected chi connectivity index (χ1v) is 7.76. The summed E-state index contributed by atoms with van der Waals surface area (Å²) in [6.45, 7) is 9.10.